The zero-order chi connectivity index (χ0) is 15.1. The normalized spacial score (nSPS) is 25.2. The minimum atomic E-state index is 0.636. The first-order valence-corrected chi connectivity index (χ1v) is 8.40. The maximum absolute atomic E-state index is 4.49. The van der Waals surface area contributed by atoms with Gasteiger partial charge in [-0.25, -0.2) is 0 Å². The summed E-state index contributed by atoms with van der Waals surface area (Å²) in [7, 11) is 2.01. The highest BCUT2D eigenvalue weighted by Gasteiger charge is 2.43. The molecule has 7 heteroatoms. The predicted octanol–water partition coefficient (Wildman–Crippen LogP) is 1.43. The van der Waals surface area contributed by atoms with Gasteiger partial charge in [0.1, 0.15) is 12.2 Å². The molecule has 2 aromatic rings. The maximum Gasteiger partial charge on any atom is 0.146 e. The van der Waals surface area contributed by atoms with Gasteiger partial charge in [0.15, 0.2) is 0 Å². The molecule has 2 fully saturated rings. The molecule has 0 radical (unpaired) electrons. The van der Waals surface area contributed by atoms with Crippen LogP contribution in [0.5, 0.6) is 0 Å². The summed E-state index contributed by atoms with van der Waals surface area (Å²) in [5.74, 6) is 1.05. The van der Waals surface area contributed by atoms with Gasteiger partial charge in [-0.2, -0.15) is 0 Å². The summed E-state index contributed by atoms with van der Waals surface area (Å²) in [4.78, 5) is 9.60. The van der Waals surface area contributed by atoms with Crippen LogP contribution >= 0.6 is 15.9 Å². The molecule has 2 aromatic heterocycles. The van der Waals surface area contributed by atoms with E-state index in [4.69, 9.17) is 0 Å². The van der Waals surface area contributed by atoms with Crippen molar-refractivity contribution in [3.63, 3.8) is 0 Å². The van der Waals surface area contributed by atoms with Crippen molar-refractivity contribution in [2.45, 2.75) is 31.6 Å². The van der Waals surface area contributed by atoms with E-state index in [0.717, 1.165) is 42.2 Å². The third-order valence-electron chi connectivity index (χ3n) is 4.77. The summed E-state index contributed by atoms with van der Waals surface area (Å²) in [6.07, 6.45) is 4.91. The molecule has 0 aliphatic carbocycles. The van der Waals surface area contributed by atoms with Crippen molar-refractivity contribution in [1.29, 1.82) is 0 Å². The molecule has 4 rings (SSSR count). The van der Waals surface area contributed by atoms with Crippen molar-refractivity contribution in [1.82, 2.24) is 29.5 Å². The first-order valence-electron chi connectivity index (χ1n) is 7.60. The van der Waals surface area contributed by atoms with Gasteiger partial charge in [0.2, 0.25) is 0 Å². The predicted molar refractivity (Wildman–Crippen MR) is 86.0 cm³/mol. The Morgan fingerprint density at radius 3 is 2.55 bits per heavy atom. The molecule has 0 aromatic carbocycles. The van der Waals surface area contributed by atoms with Crippen LogP contribution in [0.3, 0.4) is 0 Å². The molecule has 22 heavy (non-hydrogen) atoms. The molecule has 2 aliphatic heterocycles. The first kappa shape index (κ1) is 14.3. The summed E-state index contributed by atoms with van der Waals surface area (Å²) in [6, 6.07) is 5.45. The average molecular weight is 363 g/mol. The van der Waals surface area contributed by atoms with Crippen molar-refractivity contribution >= 4 is 15.9 Å². The molecular weight excluding hydrogens is 344 g/mol. The lowest BCUT2D eigenvalue weighted by molar-refractivity contribution is 0.114. The second kappa shape index (κ2) is 5.72. The summed E-state index contributed by atoms with van der Waals surface area (Å²) >= 11 is 3.44. The van der Waals surface area contributed by atoms with E-state index in [9.17, 15) is 0 Å². The molecule has 2 atom stereocenters. The Kier molecular flexibility index (Phi) is 3.71. The smallest absolute Gasteiger partial charge is 0.146 e. The van der Waals surface area contributed by atoms with Crippen LogP contribution in [-0.2, 0) is 20.1 Å². The van der Waals surface area contributed by atoms with E-state index in [-0.39, 0.29) is 0 Å². The molecule has 4 heterocycles. The lowest BCUT2D eigenvalue weighted by atomic mass is 10.2. The van der Waals surface area contributed by atoms with Crippen LogP contribution < -0.4 is 0 Å². The molecule has 6 nitrogen and oxygen atoms in total. The molecule has 0 spiro atoms. The van der Waals surface area contributed by atoms with Crippen LogP contribution in [0.25, 0.3) is 0 Å². The minimum absolute atomic E-state index is 0.636. The molecule has 2 saturated heterocycles. The van der Waals surface area contributed by atoms with Gasteiger partial charge in [0.05, 0.1) is 12.2 Å². The van der Waals surface area contributed by atoms with Crippen LogP contribution in [0.4, 0.5) is 0 Å². The molecule has 0 N–H and O–H groups in total. The Hall–Kier alpha value is -1.31. The van der Waals surface area contributed by atoms with Gasteiger partial charge in [-0.3, -0.25) is 14.8 Å². The number of aryl methyl sites for hydroxylation is 1. The van der Waals surface area contributed by atoms with E-state index < -0.39 is 0 Å². The van der Waals surface area contributed by atoms with E-state index in [2.05, 4.69) is 53.0 Å². The Labute approximate surface area is 138 Å². The number of hydrogen-bond donors (Lipinski definition) is 0. The number of nitrogens with zero attached hydrogens (tertiary/aromatic N) is 6. The van der Waals surface area contributed by atoms with E-state index in [0.29, 0.717) is 12.1 Å². The first-order chi connectivity index (χ1) is 10.7. The number of pyridine rings is 1. The van der Waals surface area contributed by atoms with Gasteiger partial charge >= 0.3 is 0 Å². The highest BCUT2D eigenvalue weighted by atomic mass is 79.9. The van der Waals surface area contributed by atoms with Gasteiger partial charge in [0, 0.05) is 49.4 Å². The summed E-state index contributed by atoms with van der Waals surface area (Å²) in [5, 5.41) is 8.17. The Bertz CT molecular complexity index is 654. The monoisotopic (exact) mass is 362 g/mol. The zero-order valence-electron chi connectivity index (χ0n) is 12.6. The fraction of sp³-hybridized carbons (Fsp3) is 0.533. The molecular formula is C15H19BrN6. The van der Waals surface area contributed by atoms with Gasteiger partial charge in [-0.15, -0.1) is 10.2 Å². The van der Waals surface area contributed by atoms with Gasteiger partial charge < -0.3 is 4.57 Å². The number of aromatic nitrogens is 4. The quantitative estimate of drug-likeness (QED) is 0.823. The fourth-order valence-electron chi connectivity index (χ4n) is 3.56. The number of hydrogen-bond acceptors (Lipinski definition) is 5. The molecule has 0 amide bonds. The minimum Gasteiger partial charge on any atom is -0.320 e. The van der Waals surface area contributed by atoms with Crippen molar-refractivity contribution < 1.29 is 0 Å². The van der Waals surface area contributed by atoms with Crippen molar-refractivity contribution in [2.75, 3.05) is 13.1 Å². The Morgan fingerprint density at radius 1 is 1.18 bits per heavy atom. The molecule has 2 unspecified atom stereocenters. The largest absolute Gasteiger partial charge is 0.320 e. The maximum atomic E-state index is 4.49. The summed E-state index contributed by atoms with van der Waals surface area (Å²) in [6.45, 7) is 4.10. The topological polar surface area (TPSA) is 50.1 Å². The van der Waals surface area contributed by atoms with Crippen LogP contribution in [0.1, 0.15) is 17.9 Å². The Morgan fingerprint density at radius 2 is 1.95 bits per heavy atom. The third kappa shape index (κ3) is 2.68. The van der Waals surface area contributed by atoms with Crippen LogP contribution in [0.15, 0.2) is 29.1 Å². The summed E-state index contributed by atoms with van der Waals surface area (Å²) < 4.78 is 3.05. The van der Waals surface area contributed by atoms with E-state index in [1.54, 1.807) is 6.33 Å². The number of fused-ring (bicyclic) bond motifs is 2. The van der Waals surface area contributed by atoms with Crippen LogP contribution in [-0.4, -0.2) is 54.7 Å². The van der Waals surface area contributed by atoms with Crippen molar-refractivity contribution in [2.24, 2.45) is 7.05 Å². The van der Waals surface area contributed by atoms with E-state index >= 15 is 0 Å². The number of likely N-dealkylation sites (tertiary alicyclic amines) is 2. The van der Waals surface area contributed by atoms with Crippen LogP contribution in [0.2, 0.25) is 0 Å². The molecule has 2 aliphatic rings. The molecule has 0 saturated carbocycles. The van der Waals surface area contributed by atoms with Crippen LogP contribution in [0, 0.1) is 0 Å². The fourth-order valence-corrected chi connectivity index (χ4v) is 3.79. The van der Waals surface area contributed by atoms with Crippen molar-refractivity contribution in [3.8, 4) is 0 Å². The molecule has 2 bridgehead atoms. The standard InChI is InChI=1S/C15H19BrN6/c1-20-10-18-19-15(20)9-22-8-13-4-14(22)7-21(13)6-12-3-2-11(16)5-17-12/h2-3,5,10,13-14H,4,6-9H2,1H3. The number of halogens is 1. The van der Waals surface area contributed by atoms with Gasteiger partial charge in [0.25, 0.3) is 0 Å². The second-order valence-electron chi connectivity index (χ2n) is 6.23. The summed E-state index contributed by atoms with van der Waals surface area (Å²) in [5.41, 5.74) is 1.15. The Balaban J connectivity index is 1.37. The highest BCUT2D eigenvalue weighted by molar-refractivity contribution is 9.10. The van der Waals surface area contributed by atoms with Gasteiger partial charge in [-0.1, -0.05) is 0 Å². The van der Waals surface area contributed by atoms with Crippen molar-refractivity contribution in [3.05, 3.63) is 40.6 Å². The average Bonchev–Trinajstić information content (AvgIpc) is 3.19. The highest BCUT2D eigenvalue weighted by Crippen LogP contribution is 2.32. The SMILES string of the molecule is Cn1cnnc1CN1CC2CC1CN2Cc1ccc(Br)cn1. The lowest BCUT2D eigenvalue weighted by Gasteiger charge is -2.33. The third-order valence-corrected chi connectivity index (χ3v) is 5.24. The number of piperazine rings is 1. The van der Waals surface area contributed by atoms with E-state index in [1.807, 2.05) is 17.8 Å². The molecule has 116 valence electrons. The van der Waals surface area contributed by atoms with E-state index in [1.165, 1.54) is 6.42 Å². The lowest BCUT2D eigenvalue weighted by Crippen LogP contribution is -2.45. The van der Waals surface area contributed by atoms with Gasteiger partial charge in [-0.05, 0) is 34.5 Å². The number of rotatable bonds is 4. The second-order valence-corrected chi connectivity index (χ2v) is 7.14. The zero-order valence-corrected chi connectivity index (χ0v) is 14.1.